The number of allylic oxidation sites excluding steroid dienone is 2. The number of aliphatic hydroxyl groups is 1. The first kappa shape index (κ1) is 26.0. The lowest BCUT2D eigenvalue weighted by Crippen LogP contribution is -2.33. The Labute approximate surface area is 206 Å². The maximum Gasteiger partial charge on any atom is 0.255 e. The number of nitrogens with two attached hydrogens (primary N) is 1. The Kier molecular flexibility index (Phi) is 7.99. The van der Waals surface area contributed by atoms with Crippen molar-refractivity contribution in [3.63, 3.8) is 0 Å². The summed E-state index contributed by atoms with van der Waals surface area (Å²) in [5, 5.41) is 19.0. The quantitative estimate of drug-likeness (QED) is 0.288. The SMILES string of the molecule is Cc1cc(N)cc(C(=O)Nc2ccc(NC(=O)C3=CCC(C)C=C3)c(NC(O)OC(C)(C)C)c2)c1. The number of hydrogen-bond acceptors (Lipinski definition) is 6. The van der Waals surface area contributed by atoms with Gasteiger partial charge in [0.2, 0.25) is 6.41 Å². The highest BCUT2D eigenvalue weighted by Crippen LogP contribution is 2.29. The molecule has 8 heteroatoms. The molecule has 0 fully saturated rings. The van der Waals surface area contributed by atoms with E-state index >= 15 is 0 Å². The number of aliphatic hydroxyl groups excluding tert-OH is 1. The highest BCUT2D eigenvalue weighted by atomic mass is 16.6. The molecule has 186 valence electrons. The van der Waals surface area contributed by atoms with Crippen molar-refractivity contribution in [2.24, 2.45) is 5.92 Å². The van der Waals surface area contributed by atoms with Crippen LogP contribution in [0.2, 0.25) is 0 Å². The number of aryl methyl sites for hydroxylation is 1. The van der Waals surface area contributed by atoms with Crippen LogP contribution in [0.1, 0.15) is 50.0 Å². The van der Waals surface area contributed by atoms with Crippen molar-refractivity contribution in [2.45, 2.75) is 53.1 Å². The fourth-order valence-electron chi connectivity index (χ4n) is 3.59. The summed E-state index contributed by atoms with van der Waals surface area (Å²) in [4.78, 5) is 25.6. The summed E-state index contributed by atoms with van der Waals surface area (Å²) in [6, 6.07) is 10.1. The van der Waals surface area contributed by atoms with E-state index in [0.29, 0.717) is 39.8 Å². The second-order valence-corrected chi connectivity index (χ2v) is 9.76. The molecule has 3 rings (SSSR count). The van der Waals surface area contributed by atoms with Gasteiger partial charge in [0, 0.05) is 22.5 Å². The molecule has 0 saturated heterocycles. The second kappa shape index (κ2) is 10.8. The van der Waals surface area contributed by atoms with Crippen molar-refractivity contribution in [1.82, 2.24) is 0 Å². The Balaban J connectivity index is 1.84. The van der Waals surface area contributed by atoms with Crippen molar-refractivity contribution >= 4 is 34.6 Å². The van der Waals surface area contributed by atoms with Gasteiger partial charge in [0.05, 0.1) is 17.0 Å². The number of nitrogen functional groups attached to an aromatic ring is 1. The fraction of sp³-hybridized carbons (Fsp3) is 0.333. The molecule has 2 aromatic carbocycles. The summed E-state index contributed by atoms with van der Waals surface area (Å²) in [6.07, 6.45) is 5.13. The molecule has 35 heavy (non-hydrogen) atoms. The number of ether oxygens (including phenoxy) is 1. The predicted octanol–water partition coefficient (Wildman–Crippen LogP) is 4.79. The number of hydrogen-bond donors (Lipinski definition) is 5. The summed E-state index contributed by atoms with van der Waals surface area (Å²) in [5.41, 5.74) is 8.90. The number of benzene rings is 2. The number of amides is 2. The zero-order chi connectivity index (χ0) is 25.8. The average Bonchev–Trinajstić information content (AvgIpc) is 2.74. The Bertz CT molecular complexity index is 1140. The molecule has 1 aliphatic rings. The van der Waals surface area contributed by atoms with Crippen molar-refractivity contribution in [3.05, 3.63) is 71.3 Å². The molecule has 2 aromatic rings. The molecule has 0 aromatic heterocycles. The first-order valence-electron chi connectivity index (χ1n) is 11.5. The van der Waals surface area contributed by atoms with Gasteiger partial charge >= 0.3 is 0 Å². The van der Waals surface area contributed by atoms with Gasteiger partial charge < -0.3 is 31.5 Å². The van der Waals surface area contributed by atoms with E-state index in [1.54, 1.807) is 42.5 Å². The molecule has 0 bridgehead atoms. The van der Waals surface area contributed by atoms with Crippen LogP contribution in [0.25, 0.3) is 0 Å². The van der Waals surface area contributed by atoms with E-state index in [4.69, 9.17) is 10.5 Å². The van der Waals surface area contributed by atoms with E-state index in [0.717, 1.165) is 12.0 Å². The Hall–Kier alpha value is -3.62. The van der Waals surface area contributed by atoms with Crippen LogP contribution < -0.4 is 21.7 Å². The van der Waals surface area contributed by atoms with Crippen LogP contribution in [0.5, 0.6) is 0 Å². The third-order valence-corrected chi connectivity index (χ3v) is 5.21. The third kappa shape index (κ3) is 7.70. The van der Waals surface area contributed by atoms with E-state index in [-0.39, 0.29) is 11.8 Å². The maximum atomic E-state index is 12.8. The standard InChI is InChI=1S/C27H34N4O4/c1-16-6-8-18(9-7-16)24(32)30-22-11-10-21(15-23(22)31-26(34)35-27(3,4)5)29-25(33)19-12-17(2)13-20(28)14-19/h6,8-16,26,31,34H,7,28H2,1-5H3,(H,29,33)(H,30,32). The van der Waals surface area contributed by atoms with Gasteiger partial charge in [0.15, 0.2) is 0 Å². The third-order valence-electron chi connectivity index (χ3n) is 5.21. The van der Waals surface area contributed by atoms with Crippen molar-refractivity contribution in [1.29, 1.82) is 0 Å². The number of carbonyl (C=O) groups excluding carboxylic acids is 2. The first-order valence-corrected chi connectivity index (χ1v) is 11.5. The lowest BCUT2D eigenvalue weighted by Gasteiger charge is -2.26. The van der Waals surface area contributed by atoms with E-state index in [1.165, 1.54) is 0 Å². The minimum absolute atomic E-state index is 0.269. The van der Waals surface area contributed by atoms with Crippen LogP contribution in [-0.4, -0.2) is 28.9 Å². The molecule has 1 aliphatic carbocycles. The lowest BCUT2D eigenvalue weighted by molar-refractivity contribution is -0.148. The highest BCUT2D eigenvalue weighted by Gasteiger charge is 2.19. The van der Waals surface area contributed by atoms with Crippen LogP contribution in [-0.2, 0) is 9.53 Å². The van der Waals surface area contributed by atoms with Crippen LogP contribution in [0.4, 0.5) is 22.7 Å². The van der Waals surface area contributed by atoms with Gasteiger partial charge in [-0.25, -0.2) is 0 Å². The number of carbonyl (C=O) groups is 2. The maximum absolute atomic E-state index is 12.8. The van der Waals surface area contributed by atoms with Crippen molar-refractivity contribution < 1.29 is 19.4 Å². The molecule has 2 amide bonds. The molecular formula is C27H34N4O4. The van der Waals surface area contributed by atoms with Gasteiger partial charge in [-0.05, 0) is 82.0 Å². The van der Waals surface area contributed by atoms with Gasteiger partial charge in [-0.3, -0.25) is 9.59 Å². The predicted molar refractivity (Wildman–Crippen MR) is 140 cm³/mol. The van der Waals surface area contributed by atoms with Gasteiger partial charge in [0.25, 0.3) is 11.8 Å². The summed E-state index contributed by atoms with van der Waals surface area (Å²) < 4.78 is 5.55. The normalized spacial score (nSPS) is 16.3. The molecule has 0 radical (unpaired) electrons. The summed E-state index contributed by atoms with van der Waals surface area (Å²) in [5.74, 6) is -0.212. The Morgan fingerprint density at radius 1 is 1.09 bits per heavy atom. The first-order chi connectivity index (χ1) is 16.4. The van der Waals surface area contributed by atoms with E-state index in [9.17, 15) is 14.7 Å². The summed E-state index contributed by atoms with van der Waals surface area (Å²) >= 11 is 0. The topological polar surface area (TPSA) is 126 Å². The molecule has 2 atom stereocenters. The zero-order valence-corrected chi connectivity index (χ0v) is 20.8. The summed E-state index contributed by atoms with van der Waals surface area (Å²) in [6.45, 7) is 9.38. The largest absolute Gasteiger partial charge is 0.399 e. The van der Waals surface area contributed by atoms with Gasteiger partial charge in [0.1, 0.15) is 0 Å². The molecule has 0 saturated carbocycles. The average molecular weight is 479 g/mol. The van der Waals surface area contributed by atoms with Gasteiger partial charge in [-0.1, -0.05) is 25.2 Å². The van der Waals surface area contributed by atoms with Crippen molar-refractivity contribution in [3.8, 4) is 0 Å². The Morgan fingerprint density at radius 2 is 1.83 bits per heavy atom. The smallest absolute Gasteiger partial charge is 0.255 e. The number of nitrogens with one attached hydrogen (secondary N) is 3. The van der Waals surface area contributed by atoms with Crippen LogP contribution >= 0.6 is 0 Å². The molecule has 6 N–H and O–H groups in total. The van der Waals surface area contributed by atoms with Gasteiger partial charge in [-0.2, -0.15) is 0 Å². The number of anilines is 4. The molecule has 0 heterocycles. The van der Waals surface area contributed by atoms with E-state index in [1.807, 2.05) is 39.8 Å². The van der Waals surface area contributed by atoms with Crippen LogP contribution in [0.3, 0.4) is 0 Å². The molecule has 0 aliphatic heterocycles. The second-order valence-electron chi connectivity index (χ2n) is 9.76. The molecule has 0 spiro atoms. The lowest BCUT2D eigenvalue weighted by atomic mass is 9.98. The summed E-state index contributed by atoms with van der Waals surface area (Å²) in [7, 11) is 0. The van der Waals surface area contributed by atoms with E-state index in [2.05, 4.69) is 22.9 Å². The molecular weight excluding hydrogens is 444 g/mol. The van der Waals surface area contributed by atoms with Crippen molar-refractivity contribution in [2.75, 3.05) is 21.7 Å². The minimum atomic E-state index is -1.34. The molecule has 2 unspecified atom stereocenters. The van der Waals surface area contributed by atoms with Gasteiger partial charge in [-0.15, -0.1) is 0 Å². The van der Waals surface area contributed by atoms with Crippen LogP contribution in [0.15, 0.2) is 60.2 Å². The Morgan fingerprint density at radius 3 is 2.46 bits per heavy atom. The number of rotatable bonds is 7. The monoisotopic (exact) mass is 478 g/mol. The fourth-order valence-corrected chi connectivity index (χ4v) is 3.59. The van der Waals surface area contributed by atoms with Crippen LogP contribution in [0, 0.1) is 12.8 Å². The molecule has 8 nitrogen and oxygen atoms in total. The zero-order valence-electron chi connectivity index (χ0n) is 20.8. The minimum Gasteiger partial charge on any atom is -0.399 e. The highest BCUT2D eigenvalue weighted by molar-refractivity contribution is 6.08. The van der Waals surface area contributed by atoms with E-state index < -0.39 is 12.0 Å².